The Kier molecular flexibility index (Phi) is 7.57. The highest BCUT2D eigenvalue weighted by atomic mass is 35.5. The van der Waals surface area contributed by atoms with Crippen LogP contribution in [0.5, 0.6) is 0 Å². The smallest absolute Gasteiger partial charge is 0.234 e. The van der Waals surface area contributed by atoms with Gasteiger partial charge in [-0.1, -0.05) is 42.6 Å². The number of carbonyl (C=O) groups excluding carboxylic acids is 1. The Morgan fingerprint density at radius 1 is 1.04 bits per heavy atom. The third kappa shape index (κ3) is 5.94. The number of amides is 1. The lowest BCUT2D eigenvalue weighted by molar-refractivity contribution is -0.113. The summed E-state index contributed by atoms with van der Waals surface area (Å²) >= 11 is 9.74. The Bertz CT molecular complexity index is 758. The Labute approximate surface area is 175 Å². The van der Waals surface area contributed by atoms with Gasteiger partial charge >= 0.3 is 0 Å². The maximum Gasteiger partial charge on any atom is 0.234 e. The van der Waals surface area contributed by atoms with Crippen molar-refractivity contribution in [2.45, 2.75) is 54.9 Å². The van der Waals surface area contributed by atoms with Gasteiger partial charge in [0.2, 0.25) is 5.91 Å². The number of carbonyl (C=O) groups is 1. The van der Waals surface area contributed by atoms with Gasteiger partial charge in [-0.05, 0) is 62.1 Å². The van der Waals surface area contributed by atoms with Crippen LogP contribution in [0, 0.1) is 13.8 Å². The normalized spacial score (nSPS) is 19.7. The molecule has 0 bridgehead atoms. The molecule has 0 heterocycles. The zero-order chi connectivity index (χ0) is 19.2. The summed E-state index contributed by atoms with van der Waals surface area (Å²) in [5.74, 6) is 0.606. The van der Waals surface area contributed by atoms with Gasteiger partial charge in [-0.25, -0.2) is 0 Å². The molecule has 2 aromatic rings. The summed E-state index contributed by atoms with van der Waals surface area (Å²) in [4.78, 5) is 13.8. The van der Waals surface area contributed by atoms with E-state index in [9.17, 15) is 4.79 Å². The summed E-state index contributed by atoms with van der Waals surface area (Å²) in [5.41, 5.74) is 3.18. The van der Waals surface area contributed by atoms with Gasteiger partial charge in [-0.2, -0.15) is 0 Å². The first-order chi connectivity index (χ1) is 13.0. The Morgan fingerprint density at radius 3 is 2.33 bits per heavy atom. The average molecular weight is 420 g/mol. The number of anilines is 1. The third-order valence-corrected chi connectivity index (χ3v) is 8.17. The number of benzene rings is 2. The zero-order valence-electron chi connectivity index (χ0n) is 15.8. The Morgan fingerprint density at radius 2 is 1.67 bits per heavy atom. The summed E-state index contributed by atoms with van der Waals surface area (Å²) in [6.45, 7) is 4.07. The molecule has 2 atom stereocenters. The van der Waals surface area contributed by atoms with E-state index in [-0.39, 0.29) is 5.91 Å². The largest absolute Gasteiger partial charge is 0.325 e. The minimum atomic E-state index is 0.0956. The molecule has 1 fully saturated rings. The van der Waals surface area contributed by atoms with E-state index in [0.29, 0.717) is 16.3 Å². The van der Waals surface area contributed by atoms with E-state index in [4.69, 9.17) is 11.6 Å². The summed E-state index contributed by atoms with van der Waals surface area (Å²) in [5, 5.41) is 4.95. The maximum absolute atomic E-state index is 12.5. The molecule has 1 aliphatic rings. The topological polar surface area (TPSA) is 29.1 Å². The van der Waals surface area contributed by atoms with Crippen LogP contribution in [0.2, 0.25) is 5.02 Å². The van der Waals surface area contributed by atoms with E-state index in [1.54, 1.807) is 0 Å². The number of halogens is 1. The summed E-state index contributed by atoms with van der Waals surface area (Å²) in [7, 11) is 0. The van der Waals surface area contributed by atoms with Gasteiger partial charge in [-0.15, -0.1) is 23.5 Å². The fourth-order valence-corrected chi connectivity index (χ4v) is 6.31. The van der Waals surface area contributed by atoms with Crippen molar-refractivity contribution >= 4 is 46.7 Å². The van der Waals surface area contributed by atoms with Gasteiger partial charge in [0, 0.05) is 26.1 Å². The van der Waals surface area contributed by atoms with Gasteiger partial charge in [0.1, 0.15) is 0 Å². The van der Waals surface area contributed by atoms with Crippen molar-refractivity contribution < 1.29 is 4.79 Å². The maximum atomic E-state index is 12.5. The molecule has 1 amide bonds. The SMILES string of the molecule is Cc1cccc(C)c1NC(=O)CS[C@@H]1CCCC[C@H]1Sc1ccc(Cl)cc1. The third-order valence-electron chi connectivity index (χ3n) is 4.92. The minimum absolute atomic E-state index is 0.0956. The van der Waals surface area contributed by atoms with E-state index >= 15 is 0 Å². The van der Waals surface area contributed by atoms with Crippen molar-refractivity contribution in [1.82, 2.24) is 0 Å². The molecular weight excluding hydrogens is 394 g/mol. The van der Waals surface area contributed by atoms with Gasteiger partial charge in [0.05, 0.1) is 5.75 Å². The Hall–Kier alpha value is -1.10. The summed E-state index contributed by atoms with van der Waals surface area (Å²) in [6, 6.07) is 14.2. The quantitative estimate of drug-likeness (QED) is 0.562. The van der Waals surface area contributed by atoms with Crippen molar-refractivity contribution in [1.29, 1.82) is 0 Å². The lowest BCUT2D eigenvalue weighted by Gasteiger charge is -2.30. The van der Waals surface area contributed by atoms with Crippen molar-refractivity contribution in [3.8, 4) is 0 Å². The number of rotatable bonds is 6. The van der Waals surface area contributed by atoms with Gasteiger partial charge < -0.3 is 5.32 Å². The number of nitrogens with one attached hydrogen (secondary N) is 1. The molecule has 144 valence electrons. The lowest BCUT2D eigenvalue weighted by atomic mass is 10.00. The van der Waals surface area contributed by atoms with Crippen LogP contribution in [0.3, 0.4) is 0 Å². The van der Waals surface area contributed by atoms with Crippen LogP contribution < -0.4 is 5.32 Å². The number of hydrogen-bond acceptors (Lipinski definition) is 3. The highest BCUT2D eigenvalue weighted by Crippen LogP contribution is 2.39. The number of thioether (sulfide) groups is 2. The van der Waals surface area contributed by atoms with Crippen LogP contribution in [0.1, 0.15) is 36.8 Å². The van der Waals surface area contributed by atoms with Crippen molar-refractivity contribution in [3.05, 3.63) is 58.6 Å². The number of para-hydroxylation sites is 1. The lowest BCUT2D eigenvalue weighted by Crippen LogP contribution is -2.27. The molecule has 0 aromatic heterocycles. The van der Waals surface area contributed by atoms with Crippen LogP contribution in [0.15, 0.2) is 47.4 Å². The van der Waals surface area contributed by atoms with Crippen LogP contribution in [-0.4, -0.2) is 22.2 Å². The first kappa shape index (κ1) is 20.6. The average Bonchev–Trinajstić information content (AvgIpc) is 2.66. The van der Waals surface area contributed by atoms with E-state index < -0.39 is 0 Å². The molecule has 2 aromatic carbocycles. The second kappa shape index (κ2) is 9.90. The van der Waals surface area contributed by atoms with E-state index in [2.05, 4.69) is 17.4 Å². The molecule has 1 aliphatic carbocycles. The number of aryl methyl sites for hydroxylation is 2. The fourth-order valence-electron chi connectivity index (χ4n) is 3.45. The van der Waals surface area contributed by atoms with Crippen LogP contribution in [-0.2, 0) is 4.79 Å². The predicted molar refractivity (Wildman–Crippen MR) is 120 cm³/mol. The first-order valence-electron chi connectivity index (χ1n) is 9.43. The molecule has 0 radical (unpaired) electrons. The summed E-state index contributed by atoms with van der Waals surface area (Å²) < 4.78 is 0. The molecule has 0 saturated heterocycles. The van der Waals surface area contributed by atoms with Crippen molar-refractivity contribution in [3.63, 3.8) is 0 Å². The standard InChI is InChI=1S/C22H26ClNOS2/c1-15-6-5-7-16(2)22(15)24-21(25)14-26-19-8-3-4-9-20(19)27-18-12-10-17(23)11-13-18/h5-7,10-13,19-20H,3-4,8-9,14H2,1-2H3,(H,24,25)/t19-,20-/m1/s1. The zero-order valence-corrected chi connectivity index (χ0v) is 18.2. The van der Waals surface area contributed by atoms with Crippen LogP contribution in [0.25, 0.3) is 0 Å². The van der Waals surface area contributed by atoms with Crippen molar-refractivity contribution in [2.75, 3.05) is 11.1 Å². The first-order valence-corrected chi connectivity index (χ1v) is 11.7. The molecule has 1 saturated carbocycles. The van der Waals surface area contributed by atoms with Gasteiger partial charge in [0.15, 0.2) is 0 Å². The Balaban J connectivity index is 1.56. The highest BCUT2D eigenvalue weighted by Gasteiger charge is 2.27. The predicted octanol–water partition coefficient (Wildman–Crippen LogP) is 6.73. The molecule has 3 rings (SSSR count). The van der Waals surface area contributed by atoms with Crippen molar-refractivity contribution in [2.24, 2.45) is 0 Å². The second-order valence-electron chi connectivity index (χ2n) is 7.06. The molecule has 2 nitrogen and oxygen atoms in total. The molecule has 0 spiro atoms. The molecule has 5 heteroatoms. The number of hydrogen-bond donors (Lipinski definition) is 1. The van der Waals surface area contributed by atoms with Gasteiger partial charge in [0.25, 0.3) is 0 Å². The van der Waals surface area contributed by atoms with E-state index in [1.807, 2.05) is 67.7 Å². The fraction of sp³-hybridized carbons (Fsp3) is 0.409. The highest BCUT2D eigenvalue weighted by molar-refractivity contribution is 8.04. The van der Waals surface area contributed by atoms with E-state index in [0.717, 1.165) is 21.8 Å². The van der Waals surface area contributed by atoms with Crippen LogP contribution in [0.4, 0.5) is 5.69 Å². The molecule has 1 N–H and O–H groups in total. The minimum Gasteiger partial charge on any atom is -0.325 e. The molecule has 27 heavy (non-hydrogen) atoms. The van der Waals surface area contributed by atoms with E-state index in [1.165, 1.54) is 30.6 Å². The van der Waals surface area contributed by atoms with Gasteiger partial charge in [-0.3, -0.25) is 4.79 Å². The molecular formula is C22H26ClNOS2. The van der Waals surface area contributed by atoms with Crippen LogP contribution >= 0.6 is 35.1 Å². The molecule has 0 aliphatic heterocycles. The second-order valence-corrected chi connectivity index (χ2v) is 10.0. The summed E-state index contributed by atoms with van der Waals surface area (Å²) in [6.07, 6.45) is 4.93. The molecule has 0 unspecified atom stereocenters. The monoisotopic (exact) mass is 419 g/mol.